The number of nitrogens with zero attached hydrogens (tertiary/aromatic N) is 3. The maximum atomic E-state index is 13.2. The fourth-order valence-electron chi connectivity index (χ4n) is 5.09. The SMILES string of the molecule is Cc1cc2cccnc2n(N(CC2CCCCC2)CC2CCCCC2)c1=O. The molecule has 0 radical (unpaired) electrons. The van der Waals surface area contributed by atoms with Crippen LogP contribution >= 0.6 is 0 Å². The molecule has 2 aromatic rings. The predicted octanol–water partition coefficient (Wildman–Crippen LogP) is 4.80. The first-order valence-corrected chi connectivity index (χ1v) is 10.9. The van der Waals surface area contributed by atoms with Gasteiger partial charge in [-0.25, -0.2) is 9.66 Å². The van der Waals surface area contributed by atoms with E-state index in [4.69, 9.17) is 0 Å². The molecular weight excluding hydrogens is 334 g/mol. The molecule has 0 bridgehead atoms. The summed E-state index contributed by atoms with van der Waals surface area (Å²) in [6.45, 7) is 3.92. The topological polar surface area (TPSA) is 38.1 Å². The molecule has 2 heterocycles. The molecule has 27 heavy (non-hydrogen) atoms. The van der Waals surface area contributed by atoms with E-state index in [1.807, 2.05) is 29.9 Å². The van der Waals surface area contributed by atoms with Crippen LogP contribution in [0.15, 0.2) is 29.2 Å². The molecule has 2 aliphatic carbocycles. The summed E-state index contributed by atoms with van der Waals surface area (Å²) in [6, 6.07) is 6.02. The molecule has 2 aromatic heterocycles. The summed E-state index contributed by atoms with van der Waals surface area (Å²) in [6.07, 6.45) is 15.1. The quantitative estimate of drug-likeness (QED) is 0.761. The average Bonchev–Trinajstić information content (AvgIpc) is 2.70. The van der Waals surface area contributed by atoms with Gasteiger partial charge in [-0.15, -0.1) is 0 Å². The van der Waals surface area contributed by atoms with E-state index < -0.39 is 0 Å². The lowest BCUT2D eigenvalue weighted by Crippen LogP contribution is -2.48. The van der Waals surface area contributed by atoms with Gasteiger partial charge < -0.3 is 5.01 Å². The maximum absolute atomic E-state index is 13.2. The first-order valence-electron chi connectivity index (χ1n) is 10.9. The van der Waals surface area contributed by atoms with Gasteiger partial charge in [0, 0.05) is 30.2 Å². The monoisotopic (exact) mass is 367 g/mol. The van der Waals surface area contributed by atoms with Gasteiger partial charge in [-0.05, 0) is 62.6 Å². The van der Waals surface area contributed by atoms with Crippen molar-refractivity contribution in [1.29, 1.82) is 0 Å². The zero-order chi connectivity index (χ0) is 18.6. The van der Waals surface area contributed by atoms with E-state index in [1.165, 1.54) is 64.2 Å². The molecular formula is C23H33N3O. The van der Waals surface area contributed by atoms with E-state index in [-0.39, 0.29) is 5.56 Å². The number of aryl methyl sites for hydroxylation is 1. The van der Waals surface area contributed by atoms with Crippen LogP contribution in [0.3, 0.4) is 0 Å². The van der Waals surface area contributed by atoms with Crippen molar-refractivity contribution in [2.24, 2.45) is 11.8 Å². The average molecular weight is 368 g/mol. The highest BCUT2D eigenvalue weighted by atomic mass is 16.1. The van der Waals surface area contributed by atoms with Crippen LogP contribution in [-0.2, 0) is 0 Å². The van der Waals surface area contributed by atoms with E-state index in [1.54, 1.807) is 0 Å². The van der Waals surface area contributed by atoms with Gasteiger partial charge in [0.2, 0.25) is 0 Å². The fourth-order valence-corrected chi connectivity index (χ4v) is 5.09. The zero-order valence-electron chi connectivity index (χ0n) is 16.7. The summed E-state index contributed by atoms with van der Waals surface area (Å²) in [5.74, 6) is 1.40. The van der Waals surface area contributed by atoms with Gasteiger partial charge in [0.25, 0.3) is 5.56 Å². The minimum Gasteiger partial charge on any atom is -0.308 e. The van der Waals surface area contributed by atoms with Crippen LogP contribution in [0.2, 0.25) is 0 Å². The van der Waals surface area contributed by atoms with Crippen molar-refractivity contribution in [2.45, 2.75) is 71.1 Å². The van der Waals surface area contributed by atoms with Crippen LogP contribution in [0.5, 0.6) is 0 Å². The number of fused-ring (bicyclic) bond motifs is 1. The second kappa shape index (κ2) is 8.45. The first kappa shape index (κ1) is 18.5. The molecule has 0 saturated heterocycles. The van der Waals surface area contributed by atoms with Crippen molar-refractivity contribution in [3.63, 3.8) is 0 Å². The summed E-state index contributed by atoms with van der Waals surface area (Å²) < 4.78 is 1.92. The standard InChI is InChI=1S/C23H33N3O/c1-18-15-21-13-8-14-24-22(21)26(23(18)27)25(16-19-9-4-2-5-10-19)17-20-11-6-3-7-12-20/h8,13-15,19-20H,2-7,9-12,16-17H2,1H3. The van der Waals surface area contributed by atoms with Crippen LogP contribution in [0.4, 0.5) is 0 Å². The summed E-state index contributed by atoms with van der Waals surface area (Å²) in [5, 5.41) is 3.43. The first-order chi connectivity index (χ1) is 13.2. The molecule has 0 spiro atoms. The molecule has 4 nitrogen and oxygen atoms in total. The summed E-state index contributed by atoms with van der Waals surface area (Å²) in [7, 11) is 0. The van der Waals surface area contributed by atoms with E-state index in [2.05, 4.69) is 16.1 Å². The van der Waals surface area contributed by atoms with Crippen molar-refractivity contribution in [2.75, 3.05) is 18.1 Å². The van der Waals surface area contributed by atoms with Gasteiger partial charge in [0.15, 0.2) is 5.65 Å². The van der Waals surface area contributed by atoms with E-state index in [0.29, 0.717) is 11.8 Å². The smallest absolute Gasteiger partial charge is 0.273 e. The highest BCUT2D eigenvalue weighted by molar-refractivity contribution is 5.75. The molecule has 0 unspecified atom stereocenters. The van der Waals surface area contributed by atoms with E-state index in [9.17, 15) is 4.79 Å². The van der Waals surface area contributed by atoms with Crippen LogP contribution in [0.1, 0.15) is 69.8 Å². The molecule has 4 heteroatoms. The van der Waals surface area contributed by atoms with Crippen molar-refractivity contribution in [3.8, 4) is 0 Å². The lowest BCUT2D eigenvalue weighted by atomic mass is 9.87. The number of hydrogen-bond acceptors (Lipinski definition) is 3. The molecule has 2 aliphatic rings. The minimum atomic E-state index is 0.104. The molecule has 146 valence electrons. The highest BCUT2D eigenvalue weighted by Gasteiger charge is 2.24. The lowest BCUT2D eigenvalue weighted by Gasteiger charge is -2.36. The summed E-state index contributed by atoms with van der Waals surface area (Å²) in [5.41, 5.74) is 1.74. The van der Waals surface area contributed by atoms with Crippen LogP contribution in [0.25, 0.3) is 11.0 Å². The Kier molecular flexibility index (Phi) is 5.80. The molecule has 0 amide bonds. The van der Waals surface area contributed by atoms with Crippen LogP contribution in [0, 0.1) is 18.8 Å². The molecule has 2 fully saturated rings. The second-order valence-corrected chi connectivity index (χ2v) is 8.74. The normalized spacial score (nSPS) is 19.4. The van der Waals surface area contributed by atoms with Gasteiger partial charge in [-0.2, -0.15) is 0 Å². The molecule has 2 saturated carbocycles. The lowest BCUT2D eigenvalue weighted by molar-refractivity contribution is 0.300. The Hall–Kier alpha value is -1.84. The van der Waals surface area contributed by atoms with Gasteiger partial charge in [-0.3, -0.25) is 4.79 Å². The van der Waals surface area contributed by atoms with Gasteiger partial charge in [-0.1, -0.05) is 38.5 Å². The number of rotatable bonds is 5. The van der Waals surface area contributed by atoms with Crippen LogP contribution in [-0.4, -0.2) is 22.7 Å². The van der Waals surface area contributed by atoms with Crippen molar-refractivity contribution in [1.82, 2.24) is 9.66 Å². The van der Waals surface area contributed by atoms with E-state index >= 15 is 0 Å². The van der Waals surface area contributed by atoms with Gasteiger partial charge >= 0.3 is 0 Å². The largest absolute Gasteiger partial charge is 0.308 e. The van der Waals surface area contributed by atoms with Crippen molar-refractivity contribution >= 4 is 11.0 Å². The number of aromatic nitrogens is 2. The van der Waals surface area contributed by atoms with Crippen molar-refractivity contribution < 1.29 is 0 Å². The fraction of sp³-hybridized carbons (Fsp3) is 0.652. The van der Waals surface area contributed by atoms with E-state index in [0.717, 1.165) is 29.7 Å². The molecule has 0 atom stereocenters. The zero-order valence-corrected chi connectivity index (χ0v) is 16.7. The third-order valence-electron chi connectivity index (χ3n) is 6.59. The second-order valence-electron chi connectivity index (χ2n) is 8.74. The predicted molar refractivity (Wildman–Crippen MR) is 112 cm³/mol. The third kappa shape index (κ3) is 4.20. The Morgan fingerprint density at radius 2 is 1.59 bits per heavy atom. The number of hydrogen-bond donors (Lipinski definition) is 0. The summed E-state index contributed by atoms with van der Waals surface area (Å²) in [4.78, 5) is 17.8. The Morgan fingerprint density at radius 1 is 1.00 bits per heavy atom. The maximum Gasteiger partial charge on any atom is 0.273 e. The molecule has 0 aromatic carbocycles. The summed E-state index contributed by atoms with van der Waals surface area (Å²) >= 11 is 0. The van der Waals surface area contributed by atoms with Crippen LogP contribution < -0.4 is 10.6 Å². The minimum absolute atomic E-state index is 0.104. The Morgan fingerprint density at radius 3 is 2.19 bits per heavy atom. The molecule has 4 rings (SSSR count). The third-order valence-corrected chi connectivity index (χ3v) is 6.59. The number of pyridine rings is 2. The Balaban J connectivity index is 1.71. The Labute approximate surface area is 162 Å². The van der Waals surface area contributed by atoms with Crippen molar-refractivity contribution in [3.05, 3.63) is 40.3 Å². The highest BCUT2D eigenvalue weighted by Crippen LogP contribution is 2.27. The molecule has 0 N–H and O–H groups in total. The van der Waals surface area contributed by atoms with Gasteiger partial charge in [0.05, 0.1) is 0 Å². The Bertz CT molecular complexity index is 796. The van der Waals surface area contributed by atoms with Gasteiger partial charge in [0.1, 0.15) is 0 Å². The molecule has 0 aliphatic heterocycles.